The summed E-state index contributed by atoms with van der Waals surface area (Å²) in [5, 5.41) is 20.7. The first-order valence-electron chi connectivity index (χ1n) is 10.5. The van der Waals surface area contributed by atoms with E-state index in [2.05, 4.69) is 0 Å². The summed E-state index contributed by atoms with van der Waals surface area (Å²) in [4.78, 5) is 16.0. The van der Waals surface area contributed by atoms with E-state index in [1.807, 2.05) is 13.8 Å². The molecule has 4 rings (SSSR count). The summed E-state index contributed by atoms with van der Waals surface area (Å²) >= 11 is 0. The quantitative estimate of drug-likeness (QED) is 0.544. The lowest BCUT2D eigenvalue weighted by atomic mass is 9.82. The van der Waals surface area contributed by atoms with Crippen molar-refractivity contribution < 1.29 is 28.9 Å². The van der Waals surface area contributed by atoms with E-state index in [0.29, 0.717) is 36.4 Å². The molecule has 1 aromatic heterocycles. The minimum absolute atomic E-state index is 0.0649. The number of hydrogen-bond acceptors (Lipinski definition) is 5. The van der Waals surface area contributed by atoms with E-state index in [0.717, 1.165) is 16.5 Å². The fourth-order valence-electron chi connectivity index (χ4n) is 4.21. The SMILES string of the molecule is COCC(C)(C)c1nc(OC2CC(C(=O)O)C2)c2cc(O)ccc2c1-c1ccc(F)cc1. The number of ether oxygens (including phenoxy) is 2. The molecule has 1 saturated carbocycles. The van der Waals surface area contributed by atoms with Crippen LogP contribution in [0.15, 0.2) is 42.5 Å². The molecule has 2 N–H and O–H groups in total. The van der Waals surface area contributed by atoms with Gasteiger partial charge in [-0.1, -0.05) is 26.0 Å². The van der Waals surface area contributed by atoms with Crippen molar-refractivity contribution in [3.8, 4) is 22.8 Å². The summed E-state index contributed by atoms with van der Waals surface area (Å²) in [5.74, 6) is -1.17. The van der Waals surface area contributed by atoms with Crippen LogP contribution in [0.3, 0.4) is 0 Å². The molecular formula is C25H26FNO5. The number of aliphatic carboxylic acids is 1. The van der Waals surface area contributed by atoms with E-state index in [1.54, 1.807) is 37.4 Å². The minimum Gasteiger partial charge on any atom is -0.508 e. The number of halogens is 1. The molecule has 0 aliphatic heterocycles. The molecule has 1 fully saturated rings. The van der Waals surface area contributed by atoms with Crippen molar-refractivity contribution in [1.82, 2.24) is 4.98 Å². The molecule has 0 amide bonds. The van der Waals surface area contributed by atoms with Gasteiger partial charge in [0, 0.05) is 23.5 Å². The topological polar surface area (TPSA) is 88.9 Å². The Balaban J connectivity index is 1.91. The Bertz CT molecular complexity index is 1150. The largest absolute Gasteiger partial charge is 0.508 e. The Morgan fingerprint density at radius 3 is 2.47 bits per heavy atom. The predicted octanol–water partition coefficient (Wildman–Crippen LogP) is 4.91. The third-order valence-electron chi connectivity index (χ3n) is 5.95. The van der Waals surface area contributed by atoms with Gasteiger partial charge in [-0.05, 0) is 54.1 Å². The Hall–Kier alpha value is -3.19. The molecule has 1 aliphatic rings. The maximum Gasteiger partial charge on any atom is 0.306 e. The fourth-order valence-corrected chi connectivity index (χ4v) is 4.21. The summed E-state index contributed by atoms with van der Waals surface area (Å²) in [7, 11) is 1.62. The lowest BCUT2D eigenvalue weighted by Crippen LogP contribution is -2.38. The molecule has 0 atom stereocenters. The Kier molecular flexibility index (Phi) is 5.77. The first-order valence-corrected chi connectivity index (χ1v) is 10.5. The Morgan fingerprint density at radius 2 is 1.84 bits per heavy atom. The van der Waals surface area contributed by atoms with Gasteiger partial charge in [0.2, 0.25) is 5.88 Å². The van der Waals surface area contributed by atoms with Crippen LogP contribution in [0.4, 0.5) is 4.39 Å². The maximum absolute atomic E-state index is 13.6. The number of pyridine rings is 1. The van der Waals surface area contributed by atoms with E-state index >= 15 is 0 Å². The third-order valence-corrected chi connectivity index (χ3v) is 5.95. The van der Waals surface area contributed by atoms with E-state index in [9.17, 15) is 19.4 Å². The van der Waals surface area contributed by atoms with Crippen LogP contribution in [-0.2, 0) is 14.9 Å². The number of fused-ring (bicyclic) bond motifs is 1. The summed E-state index contributed by atoms with van der Waals surface area (Å²) in [6.45, 7) is 4.40. The van der Waals surface area contributed by atoms with Gasteiger partial charge in [0.05, 0.1) is 18.2 Å². The monoisotopic (exact) mass is 439 g/mol. The van der Waals surface area contributed by atoms with Crippen LogP contribution in [-0.4, -0.2) is 41.0 Å². The number of carbonyl (C=O) groups is 1. The number of carboxylic acid groups (broad SMARTS) is 1. The molecule has 1 aliphatic carbocycles. The predicted molar refractivity (Wildman–Crippen MR) is 118 cm³/mol. The molecule has 168 valence electrons. The van der Waals surface area contributed by atoms with Crippen LogP contribution in [0, 0.1) is 11.7 Å². The zero-order valence-corrected chi connectivity index (χ0v) is 18.3. The highest BCUT2D eigenvalue weighted by molar-refractivity contribution is 6.01. The number of benzene rings is 2. The second-order valence-electron chi connectivity index (χ2n) is 8.94. The number of phenols is 1. The van der Waals surface area contributed by atoms with Gasteiger partial charge in [0.1, 0.15) is 17.7 Å². The van der Waals surface area contributed by atoms with Crippen molar-refractivity contribution in [3.63, 3.8) is 0 Å². The number of aromatic hydroxyl groups is 1. The highest BCUT2D eigenvalue weighted by Gasteiger charge is 2.37. The highest BCUT2D eigenvalue weighted by atomic mass is 19.1. The van der Waals surface area contributed by atoms with Gasteiger partial charge in [-0.3, -0.25) is 4.79 Å². The third kappa shape index (κ3) is 4.12. The Labute approximate surface area is 185 Å². The van der Waals surface area contributed by atoms with Gasteiger partial charge < -0.3 is 19.7 Å². The van der Waals surface area contributed by atoms with E-state index in [-0.39, 0.29) is 17.7 Å². The standard InChI is InChI=1S/C25H26FNO5/c1-25(2,13-31-3)22-21(14-4-6-16(26)7-5-14)19-9-8-17(28)12-20(19)23(27-22)32-18-10-15(11-18)24(29)30/h4-9,12,15,18,28H,10-11,13H2,1-3H3,(H,29,30). The molecule has 0 spiro atoms. The number of methoxy groups -OCH3 is 1. The zero-order valence-electron chi connectivity index (χ0n) is 18.3. The number of rotatable bonds is 7. The van der Waals surface area contributed by atoms with Crippen LogP contribution in [0.1, 0.15) is 32.4 Å². The lowest BCUT2D eigenvalue weighted by Gasteiger charge is -2.33. The van der Waals surface area contributed by atoms with E-state index in [4.69, 9.17) is 14.5 Å². The molecule has 7 heteroatoms. The fraction of sp³-hybridized carbons (Fsp3) is 0.360. The Morgan fingerprint density at radius 1 is 1.16 bits per heavy atom. The van der Waals surface area contributed by atoms with Gasteiger partial charge in [-0.25, -0.2) is 9.37 Å². The molecule has 2 aromatic carbocycles. The van der Waals surface area contributed by atoms with E-state index < -0.39 is 17.3 Å². The second kappa shape index (κ2) is 8.39. The molecular weight excluding hydrogens is 413 g/mol. The molecule has 3 aromatic rings. The van der Waals surface area contributed by atoms with Crippen molar-refractivity contribution in [2.24, 2.45) is 5.92 Å². The van der Waals surface area contributed by atoms with Crippen molar-refractivity contribution in [3.05, 3.63) is 54.0 Å². The summed E-state index contributed by atoms with van der Waals surface area (Å²) in [6, 6.07) is 11.2. The number of aromatic nitrogens is 1. The van der Waals surface area contributed by atoms with Gasteiger partial charge >= 0.3 is 5.97 Å². The molecule has 0 unspecified atom stereocenters. The van der Waals surface area contributed by atoms with Crippen LogP contribution in [0.2, 0.25) is 0 Å². The van der Waals surface area contributed by atoms with Crippen molar-refractivity contribution in [2.75, 3.05) is 13.7 Å². The van der Waals surface area contributed by atoms with Crippen LogP contribution in [0.5, 0.6) is 11.6 Å². The zero-order chi connectivity index (χ0) is 23.0. The van der Waals surface area contributed by atoms with Gasteiger partial charge in [-0.15, -0.1) is 0 Å². The second-order valence-corrected chi connectivity index (χ2v) is 8.94. The lowest BCUT2D eigenvalue weighted by molar-refractivity contribution is -0.148. The van der Waals surface area contributed by atoms with Crippen molar-refractivity contribution >= 4 is 16.7 Å². The molecule has 6 nitrogen and oxygen atoms in total. The average molecular weight is 439 g/mol. The normalized spacial score (nSPS) is 18.4. The molecule has 0 radical (unpaired) electrons. The first-order chi connectivity index (χ1) is 15.2. The summed E-state index contributed by atoms with van der Waals surface area (Å²) in [6.07, 6.45) is 0.561. The van der Waals surface area contributed by atoms with E-state index in [1.165, 1.54) is 12.1 Å². The molecule has 0 bridgehead atoms. The van der Waals surface area contributed by atoms with Crippen molar-refractivity contribution in [2.45, 2.75) is 38.2 Å². The maximum atomic E-state index is 13.6. The molecule has 1 heterocycles. The highest BCUT2D eigenvalue weighted by Crippen LogP contribution is 2.43. The van der Waals surface area contributed by atoms with Crippen LogP contribution >= 0.6 is 0 Å². The summed E-state index contributed by atoms with van der Waals surface area (Å²) in [5.41, 5.74) is 1.81. The molecule has 32 heavy (non-hydrogen) atoms. The van der Waals surface area contributed by atoms with Crippen molar-refractivity contribution in [1.29, 1.82) is 0 Å². The average Bonchev–Trinajstić information content (AvgIpc) is 2.70. The van der Waals surface area contributed by atoms with Gasteiger partial charge in [0.15, 0.2) is 0 Å². The number of phenolic OH excluding ortho intramolecular Hbond substituents is 1. The number of nitrogens with zero attached hydrogens (tertiary/aromatic N) is 1. The molecule has 0 saturated heterocycles. The van der Waals surface area contributed by atoms with Crippen LogP contribution < -0.4 is 4.74 Å². The number of hydrogen-bond donors (Lipinski definition) is 2. The summed E-state index contributed by atoms with van der Waals surface area (Å²) < 4.78 is 25.2. The smallest absolute Gasteiger partial charge is 0.306 e. The minimum atomic E-state index is -0.825. The number of carboxylic acids is 1. The first kappa shape index (κ1) is 22.0. The van der Waals surface area contributed by atoms with Gasteiger partial charge in [0.25, 0.3) is 0 Å². The van der Waals surface area contributed by atoms with Crippen LogP contribution in [0.25, 0.3) is 21.9 Å². The van der Waals surface area contributed by atoms with Gasteiger partial charge in [-0.2, -0.15) is 0 Å².